The highest BCUT2D eigenvalue weighted by atomic mass is 32.2. The van der Waals surface area contributed by atoms with E-state index in [0.29, 0.717) is 13.1 Å². The maximum atomic E-state index is 12.1. The molecule has 0 aromatic carbocycles. The number of hydrogen-bond acceptors (Lipinski definition) is 3. The Morgan fingerprint density at radius 1 is 1.53 bits per heavy atom. The Bertz CT molecular complexity index is 292. The molecule has 1 aliphatic rings. The van der Waals surface area contributed by atoms with Crippen LogP contribution in [0.5, 0.6) is 0 Å². The van der Waals surface area contributed by atoms with Gasteiger partial charge in [-0.25, -0.2) is 0 Å². The van der Waals surface area contributed by atoms with Crippen LogP contribution in [0.3, 0.4) is 0 Å². The number of piperazine rings is 1. The predicted molar refractivity (Wildman–Crippen MR) is 60.9 cm³/mol. The summed E-state index contributed by atoms with van der Waals surface area (Å²) in [6.45, 7) is 6.54. The van der Waals surface area contributed by atoms with Gasteiger partial charge in [0.25, 0.3) is 10.2 Å². The molecule has 1 rings (SSSR count). The van der Waals surface area contributed by atoms with Crippen LogP contribution in [0.2, 0.25) is 0 Å². The zero-order valence-corrected chi connectivity index (χ0v) is 10.5. The summed E-state index contributed by atoms with van der Waals surface area (Å²) in [5.74, 6) is 0. The van der Waals surface area contributed by atoms with Gasteiger partial charge in [-0.15, -0.1) is 0 Å². The lowest BCUT2D eigenvalue weighted by atomic mass is 10.3. The van der Waals surface area contributed by atoms with Crippen LogP contribution < -0.4 is 5.32 Å². The van der Waals surface area contributed by atoms with Gasteiger partial charge in [0.2, 0.25) is 0 Å². The summed E-state index contributed by atoms with van der Waals surface area (Å²) in [4.78, 5) is 0. The smallest absolute Gasteiger partial charge is 0.282 e. The lowest BCUT2D eigenvalue weighted by molar-refractivity contribution is 0.263. The summed E-state index contributed by atoms with van der Waals surface area (Å²) in [6, 6.07) is 0.0445. The molecular weight excluding hydrogens is 214 g/mol. The van der Waals surface area contributed by atoms with Crippen molar-refractivity contribution in [3.8, 4) is 0 Å². The fourth-order valence-electron chi connectivity index (χ4n) is 1.77. The van der Waals surface area contributed by atoms with Crippen LogP contribution in [-0.2, 0) is 10.2 Å². The van der Waals surface area contributed by atoms with Crippen molar-refractivity contribution in [2.75, 3.05) is 33.2 Å². The highest BCUT2D eigenvalue weighted by Gasteiger charge is 2.31. The van der Waals surface area contributed by atoms with Crippen molar-refractivity contribution in [1.29, 1.82) is 0 Å². The first-order valence-corrected chi connectivity index (χ1v) is 6.83. The molecule has 1 aliphatic heterocycles. The van der Waals surface area contributed by atoms with E-state index < -0.39 is 10.2 Å². The highest BCUT2D eigenvalue weighted by molar-refractivity contribution is 7.86. The topological polar surface area (TPSA) is 52.7 Å². The van der Waals surface area contributed by atoms with Gasteiger partial charge in [0, 0.05) is 39.3 Å². The summed E-state index contributed by atoms with van der Waals surface area (Å²) in [5.41, 5.74) is 0. The van der Waals surface area contributed by atoms with E-state index in [1.165, 1.54) is 4.31 Å². The van der Waals surface area contributed by atoms with Crippen LogP contribution >= 0.6 is 0 Å². The van der Waals surface area contributed by atoms with Gasteiger partial charge < -0.3 is 5.32 Å². The number of hydrogen-bond donors (Lipinski definition) is 1. The molecule has 5 nitrogen and oxygen atoms in total. The van der Waals surface area contributed by atoms with Crippen LogP contribution in [0.25, 0.3) is 0 Å². The van der Waals surface area contributed by atoms with E-state index in [4.69, 9.17) is 0 Å². The van der Waals surface area contributed by atoms with Crippen LogP contribution in [0.1, 0.15) is 20.3 Å². The van der Waals surface area contributed by atoms with Crippen molar-refractivity contribution in [2.24, 2.45) is 0 Å². The Morgan fingerprint density at radius 3 is 2.73 bits per heavy atom. The molecule has 0 aliphatic carbocycles. The average molecular weight is 235 g/mol. The highest BCUT2D eigenvalue weighted by Crippen LogP contribution is 2.12. The fraction of sp³-hybridized carbons (Fsp3) is 1.00. The molecule has 1 N–H and O–H groups in total. The van der Waals surface area contributed by atoms with Gasteiger partial charge in [-0.05, 0) is 13.3 Å². The Morgan fingerprint density at radius 2 is 2.20 bits per heavy atom. The van der Waals surface area contributed by atoms with Crippen LogP contribution in [0.15, 0.2) is 0 Å². The molecule has 0 radical (unpaired) electrons. The zero-order chi connectivity index (χ0) is 11.5. The average Bonchev–Trinajstić information content (AvgIpc) is 2.18. The first-order valence-electron chi connectivity index (χ1n) is 5.44. The summed E-state index contributed by atoms with van der Waals surface area (Å²) in [5, 5.41) is 3.18. The molecule has 0 aromatic rings. The standard InChI is InChI=1S/C9H21N3O2S/c1-4-6-11(3)15(13,14)12-7-5-10-8-9(12)2/h9-10H,4-8H2,1-3H3. The third kappa shape index (κ3) is 2.90. The maximum Gasteiger partial charge on any atom is 0.282 e. The van der Waals surface area contributed by atoms with Gasteiger partial charge in [-0.1, -0.05) is 6.92 Å². The van der Waals surface area contributed by atoms with Gasteiger partial charge in [0.05, 0.1) is 0 Å². The molecule has 6 heteroatoms. The third-order valence-electron chi connectivity index (χ3n) is 2.67. The van der Waals surface area contributed by atoms with E-state index in [9.17, 15) is 8.42 Å². The molecule has 0 amide bonds. The number of rotatable bonds is 4. The molecule has 0 aromatic heterocycles. The summed E-state index contributed by atoms with van der Waals surface area (Å²) < 4.78 is 27.2. The molecule has 15 heavy (non-hydrogen) atoms. The van der Waals surface area contributed by atoms with Crippen molar-refractivity contribution in [1.82, 2.24) is 13.9 Å². The normalized spacial score (nSPS) is 24.7. The van der Waals surface area contributed by atoms with Gasteiger partial charge >= 0.3 is 0 Å². The maximum absolute atomic E-state index is 12.1. The van der Waals surface area contributed by atoms with Crippen molar-refractivity contribution >= 4 is 10.2 Å². The van der Waals surface area contributed by atoms with E-state index in [0.717, 1.165) is 19.5 Å². The monoisotopic (exact) mass is 235 g/mol. The molecule has 1 heterocycles. The zero-order valence-electron chi connectivity index (χ0n) is 9.73. The van der Waals surface area contributed by atoms with E-state index in [2.05, 4.69) is 5.32 Å². The lowest BCUT2D eigenvalue weighted by Crippen LogP contribution is -2.55. The molecule has 0 spiro atoms. The first kappa shape index (κ1) is 12.9. The summed E-state index contributed by atoms with van der Waals surface area (Å²) >= 11 is 0. The molecule has 1 atom stereocenters. The minimum atomic E-state index is -3.25. The first-order chi connectivity index (χ1) is 7.00. The van der Waals surface area contributed by atoms with Crippen LogP contribution in [-0.4, -0.2) is 56.3 Å². The second kappa shape index (κ2) is 5.25. The van der Waals surface area contributed by atoms with Crippen LogP contribution in [0.4, 0.5) is 0 Å². The Labute approximate surface area is 92.6 Å². The van der Waals surface area contributed by atoms with Gasteiger partial charge in [-0.2, -0.15) is 17.0 Å². The summed E-state index contributed by atoms with van der Waals surface area (Å²) in [7, 11) is -1.60. The molecule has 0 saturated carbocycles. The summed E-state index contributed by atoms with van der Waals surface area (Å²) in [6.07, 6.45) is 0.843. The van der Waals surface area contributed by atoms with E-state index >= 15 is 0 Å². The quantitative estimate of drug-likeness (QED) is 0.738. The third-order valence-corrected chi connectivity index (χ3v) is 4.77. The van der Waals surface area contributed by atoms with E-state index in [-0.39, 0.29) is 6.04 Å². The fourth-order valence-corrected chi connectivity index (χ4v) is 3.40. The Kier molecular flexibility index (Phi) is 4.51. The van der Waals surface area contributed by atoms with E-state index in [1.807, 2.05) is 13.8 Å². The SMILES string of the molecule is CCCN(C)S(=O)(=O)N1CCNCC1C. The van der Waals surface area contributed by atoms with Gasteiger partial charge in [0.1, 0.15) is 0 Å². The number of nitrogens with one attached hydrogen (secondary N) is 1. The molecule has 0 bridgehead atoms. The second-order valence-corrected chi connectivity index (χ2v) is 5.98. The van der Waals surface area contributed by atoms with E-state index in [1.54, 1.807) is 11.4 Å². The second-order valence-electron chi connectivity index (χ2n) is 3.99. The van der Waals surface area contributed by atoms with Gasteiger partial charge in [0.15, 0.2) is 0 Å². The van der Waals surface area contributed by atoms with Crippen molar-refractivity contribution in [2.45, 2.75) is 26.3 Å². The van der Waals surface area contributed by atoms with Crippen LogP contribution in [0, 0.1) is 0 Å². The van der Waals surface area contributed by atoms with Crippen molar-refractivity contribution < 1.29 is 8.42 Å². The Balaban J connectivity index is 2.75. The van der Waals surface area contributed by atoms with Crippen molar-refractivity contribution in [3.05, 3.63) is 0 Å². The molecular formula is C9H21N3O2S. The lowest BCUT2D eigenvalue weighted by Gasteiger charge is -2.35. The largest absolute Gasteiger partial charge is 0.314 e. The molecule has 1 saturated heterocycles. The molecule has 1 fully saturated rings. The Hall–Kier alpha value is -0.170. The predicted octanol–water partition coefficient (Wildman–Crippen LogP) is -0.133. The van der Waals surface area contributed by atoms with Gasteiger partial charge in [-0.3, -0.25) is 0 Å². The number of nitrogens with zero attached hydrogens (tertiary/aromatic N) is 2. The van der Waals surface area contributed by atoms with Crippen molar-refractivity contribution in [3.63, 3.8) is 0 Å². The minimum Gasteiger partial charge on any atom is -0.314 e. The molecule has 1 unspecified atom stereocenters. The molecule has 90 valence electrons. The minimum absolute atomic E-state index is 0.0445.